The molecule has 30 heavy (non-hydrogen) atoms. The average Bonchev–Trinajstić information content (AvgIpc) is 3.30. The predicted molar refractivity (Wildman–Crippen MR) is 118 cm³/mol. The summed E-state index contributed by atoms with van der Waals surface area (Å²) < 4.78 is 16.5. The fraction of sp³-hybridized carbons (Fsp3) is 0.458. The third kappa shape index (κ3) is 5.45. The van der Waals surface area contributed by atoms with Crippen molar-refractivity contribution in [2.75, 3.05) is 40.0 Å². The lowest BCUT2D eigenvalue weighted by molar-refractivity contribution is 0.0937. The largest absolute Gasteiger partial charge is 0.497 e. The number of hydrogen-bond donors (Lipinski definition) is 1. The SMILES string of the molecule is CCOc1ccc(C(=O)NCC(c2ccc(OC)cc2)N2CCCC2)cc1OCC. The van der Waals surface area contributed by atoms with Crippen LogP contribution in [0.5, 0.6) is 17.2 Å². The van der Waals surface area contributed by atoms with Gasteiger partial charge in [0.1, 0.15) is 5.75 Å². The first-order valence-electron chi connectivity index (χ1n) is 10.7. The first-order chi connectivity index (χ1) is 14.7. The Morgan fingerprint density at radius 3 is 2.30 bits per heavy atom. The maximum Gasteiger partial charge on any atom is 0.251 e. The van der Waals surface area contributed by atoms with Crippen LogP contribution in [-0.4, -0.2) is 50.8 Å². The van der Waals surface area contributed by atoms with Gasteiger partial charge in [0.05, 0.1) is 26.4 Å². The summed E-state index contributed by atoms with van der Waals surface area (Å²) in [6, 6.07) is 13.6. The van der Waals surface area contributed by atoms with Crippen molar-refractivity contribution in [2.45, 2.75) is 32.7 Å². The predicted octanol–water partition coefficient (Wildman–Crippen LogP) is 4.06. The Labute approximate surface area is 179 Å². The van der Waals surface area contributed by atoms with Crippen molar-refractivity contribution < 1.29 is 19.0 Å². The molecule has 0 radical (unpaired) electrons. The van der Waals surface area contributed by atoms with Crippen LogP contribution in [0.1, 0.15) is 48.7 Å². The van der Waals surface area contributed by atoms with E-state index in [1.165, 1.54) is 18.4 Å². The van der Waals surface area contributed by atoms with Crippen molar-refractivity contribution in [3.8, 4) is 17.2 Å². The molecule has 1 unspecified atom stereocenters. The maximum atomic E-state index is 12.9. The molecule has 1 heterocycles. The van der Waals surface area contributed by atoms with Gasteiger partial charge in [0.2, 0.25) is 0 Å². The number of amides is 1. The summed E-state index contributed by atoms with van der Waals surface area (Å²) in [6.45, 7) is 7.53. The Hall–Kier alpha value is -2.73. The summed E-state index contributed by atoms with van der Waals surface area (Å²) in [5, 5.41) is 3.12. The highest BCUT2D eigenvalue weighted by molar-refractivity contribution is 5.94. The van der Waals surface area contributed by atoms with E-state index in [1.54, 1.807) is 25.3 Å². The molecule has 0 saturated carbocycles. The van der Waals surface area contributed by atoms with Gasteiger partial charge in [-0.05, 0) is 75.7 Å². The van der Waals surface area contributed by atoms with Gasteiger partial charge in [-0.1, -0.05) is 12.1 Å². The Balaban J connectivity index is 1.72. The highest BCUT2D eigenvalue weighted by Gasteiger charge is 2.24. The molecule has 162 valence electrons. The van der Waals surface area contributed by atoms with E-state index >= 15 is 0 Å². The van der Waals surface area contributed by atoms with Crippen LogP contribution in [0.15, 0.2) is 42.5 Å². The van der Waals surface area contributed by atoms with E-state index in [2.05, 4.69) is 22.3 Å². The van der Waals surface area contributed by atoms with Crippen molar-refractivity contribution in [3.05, 3.63) is 53.6 Å². The first-order valence-corrected chi connectivity index (χ1v) is 10.7. The van der Waals surface area contributed by atoms with E-state index in [0.29, 0.717) is 36.8 Å². The minimum Gasteiger partial charge on any atom is -0.497 e. The number of nitrogens with zero attached hydrogens (tertiary/aromatic N) is 1. The molecule has 2 aromatic carbocycles. The van der Waals surface area contributed by atoms with Crippen LogP contribution in [0, 0.1) is 0 Å². The number of likely N-dealkylation sites (tertiary alicyclic amines) is 1. The highest BCUT2D eigenvalue weighted by atomic mass is 16.5. The Kier molecular flexibility index (Phi) is 7.97. The molecular formula is C24H32N2O4. The zero-order chi connectivity index (χ0) is 21.3. The number of hydrogen-bond acceptors (Lipinski definition) is 5. The van der Waals surface area contributed by atoms with Crippen LogP contribution in [-0.2, 0) is 0 Å². The van der Waals surface area contributed by atoms with Crippen LogP contribution >= 0.6 is 0 Å². The number of nitrogens with one attached hydrogen (secondary N) is 1. The molecule has 3 rings (SSSR count). The Morgan fingerprint density at radius 2 is 1.67 bits per heavy atom. The second kappa shape index (κ2) is 10.9. The molecule has 1 N–H and O–H groups in total. The number of rotatable bonds is 10. The van der Waals surface area contributed by atoms with Crippen LogP contribution in [0.4, 0.5) is 0 Å². The number of benzene rings is 2. The normalized spacial score (nSPS) is 14.9. The summed E-state index contributed by atoms with van der Waals surface area (Å²) >= 11 is 0. The maximum absolute atomic E-state index is 12.9. The van der Waals surface area contributed by atoms with Crippen molar-refractivity contribution in [1.29, 1.82) is 0 Å². The van der Waals surface area contributed by atoms with E-state index in [0.717, 1.165) is 18.8 Å². The zero-order valence-corrected chi connectivity index (χ0v) is 18.1. The second-order valence-corrected chi connectivity index (χ2v) is 7.27. The quantitative estimate of drug-likeness (QED) is 0.638. The lowest BCUT2D eigenvalue weighted by Gasteiger charge is -2.28. The zero-order valence-electron chi connectivity index (χ0n) is 18.1. The third-order valence-electron chi connectivity index (χ3n) is 5.34. The highest BCUT2D eigenvalue weighted by Crippen LogP contribution is 2.29. The molecule has 0 aliphatic carbocycles. The molecule has 6 heteroatoms. The summed E-state index contributed by atoms with van der Waals surface area (Å²) in [5.41, 5.74) is 1.75. The molecule has 1 atom stereocenters. The van der Waals surface area contributed by atoms with Crippen LogP contribution in [0.25, 0.3) is 0 Å². The summed E-state index contributed by atoms with van der Waals surface area (Å²) in [7, 11) is 1.67. The van der Waals surface area contributed by atoms with Gasteiger partial charge < -0.3 is 19.5 Å². The molecule has 1 aliphatic rings. The average molecular weight is 413 g/mol. The van der Waals surface area contributed by atoms with Crippen LogP contribution < -0.4 is 19.5 Å². The minimum atomic E-state index is -0.114. The molecule has 0 bridgehead atoms. The van der Waals surface area contributed by atoms with Gasteiger partial charge in [-0.15, -0.1) is 0 Å². The smallest absolute Gasteiger partial charge is 0.251 e. The van der Waals surface area contributed by atoms with E-state index in [4.69, 9.17) is 14.2 Å². The van der Waals surface area contributed by atoms with E-state index in [1.807, 2.05) is 26.0 Å². The minimum absolute atomic E-state index is 0.114. The second-order valence-electron chi connectivity index (χ2n) is 7.27. The van der Waals surface area contributed by atoms with Gasteiger partial charge in [-0.25, -0.2) is 0 Å². The molecule has 1 saturated heterocycles. The molecule has 1 amide bonds. The number of methoxy groups -OCH3 is 1. The fourth-order valence-electron chi connectivity index (χ4n) is 3.82. The van der Waals surface area contributed by atoms with Crippen LogP contribution in [0.3, 0.4) is 0 Å². The lowest BCUT2D eigenvalue weighted by atomic mass is 10.0. The molecular weight excluding hydrogens is 380 g/mol. The van der Waals surface area contributed by atoms with Gasteiger partial charge in [-0.3, -0.25) is 9.69 Å². The van der Waals surface area contributed by atoms with Gasteiger partial charge in [-0.2, -0.15) is 0 Å². The van der Waals surface area contributed by atoms with Crippen molar-refractivity contribution in [2.24, 2.45) is 0 Å². The number of carbonyl (C=O) groups is 1. The topological polar surface area (TPSA) is 60.0 Å². The Bertz CT molecular complexity index is 816. The van der Waals surface area contributed by atoms with Crippen LogP contribution in [0.2, 0.25) is 0 Å². The van der Waals surface area contributed by atoms with Crippen molar-refractivity contribution in [1.82, 2.24) is 10.2 Å². The van der Waals surface area contributed by atoms with Crippen molar-refractivity contribution >= 4 is 5.91 Å². The molecule has 2 aromatic rings. The molecule has 0 spiro atoms. The molecule has 6 nitrogen and oxygen atoms in total. The Morgan fingerprint density at radius 1 is 1.00 bits per heavy atom. The fourth-order valence-corrected chi connectivity index (χ4v) is 3.82. The van der Waals surface area contributed by atoms with Gasteiger partial charge in [0.25, 0.3) is 5.91 Å². The summed E-state index contributed by atoms with van der Waals surface area (Å²) in [5.74, 6) is 1.97. The van der Waals surface area contributed by atoms with Crippen molar-refractivity contribution in [3.63, 3.8) is 0 Å². The molecule has 1 fully saturated rings. The lowest BCUT2D eigenvalue weighted by Crippen LogP contribution is -2.36. The number of carbonyl (C=O) groups excluding carboxylic acids is 1. The van der Waals surface area contributed by atoms with E-state index in [9.17, 15) is 4.79 Å². The molecule has 1 aliphatic heterocycles. The van der Waals surface area contributed by atoms with E-state index < -0.39 is 0 Å². The van der Waals surface area contributed by atoms with Gasteiger partial charge in [0, 0.05) is 12.1 Å². The monoisotopic (exact) mass is 412 g/mol. The summed E-state index contributed by atoms with van der Waals surface area (Å²) in [4.78, 5) is 15.3. The standard InChI is InChI=1S/C24H32N2O4/c1-4-29-22-13-10-19(16-23(22)30-5-2)24(27)25-17-21(26-14-6-7-15-26)18-8-11-20(28-3)12-9-18/h8-13,16,21H,4-7,14-15,17H2,1-3H3,(H,25,27). The van der Waals surface area contributed by atoms with Gasteiger partial charge in [0.15, 0.2) is 11.5 Å². The third-order valence-corrected chi connectivity index (χ3v) is 5.34. The van der Waals surface area contributed by atoms with E-state index in [-0.39, 0.29) is 11.9 Å². The number of ether oxygens (including phenoxy) is 3. The first kappa shape index (κ1) is 22.0. The van der Waals surface area contributed by atoms with Gasteiger partial charge >= 0.3 is 0 Å². The molecule has 0 aromatic heterocycles. The summed E-state index contributed by atoms with van der Waals surface area (Å²) in [6.07, 6.45) is 2.38.